The Morgan fingerprint density at radius 2 is 2.09 bits per heavy atom. The summed E-state index contributed by atoms with van der Waals surface area (Å²) in [7, 11) is 1.75. The summed E-state index contributed by atoms with van der Waals surface area (Å²) in [5, 5.41) is 4.11. The summed E-state index contributed by atoms with van der Waals surface area (Å²) < 4.78 is 3.06. The second-order valence-corrected chi connectivity index (χ2v) is 2.43. The second-order valence-electron chi connectivity index (χ2n) is 2.43. The van der Waals surface area contributed by atoms with Crippen LogP contribution in [0.4, 0.5) is 0 Å². The molecule has 0 aliphatic heterocycles. The van der Waals surface area contributed by atoms with Crippen molar-refractivity contribution in [1.82, 2.24) is 14.3 Å². The van der Waals surface area contributed by atoms with Crippen molar-refractivity contribution in [2.45, 2.75) is 26.8 Å². The first-order chi connectivity index (χ1) is 5.20. The van der Waals surface area contributed by atoms with Gasteiger partial charge in [0.25, 0.3) is 0 Å². The van der Waals surface area contributed by atoms with E-state index in [9.17, 15) is 4.79 Å². The fourth-order valence-corrected chi connectivity index (χ4v) is 1.05. The highest BCUT2D eigenvalue weighted by Crippen LogP contribution is 1.89. The number of nitrogens with zero attached hydrogens (tertiary/aromatic N) is 3. The van der Waals surface area contributed by atoms with E-state index < -0.39 is 0 Å². The van der Waals surface area contributed by atoms with Crippen LogP contribution in [0.2, 0.25) is 0 Å². The lowest BCUT2D eigenvalue weighted by Crippen LogP contribution is -2.22. The zero-order valence-corrected chi connectivity index (χ0v) is 7.16. The molecule has 1 rings (SSSR count). The van der Waals surface area contributed by atoms with E-state index in [2.05, 4.69) is 5.10 Å². The molecule has 1 aromatic rings. The molecule has 0 aromatic carbocycles. The van der Waals surface area contributed by atoms with Crippen molar-refractivity contribution < 1.29 is 0 Å². The van der Waals surface area contributed by atoms with Crippen LogP contribution in [0.3, 0.4) is 0 Å². The molecule has 0 unspecified atom stereocenters. The fourth-order valence-electron chi connectivity index (χ4n) is 1.05. The predicted octanol–water partition coefficient (Wildman–Crippen LogP) is 0.164. The van der Waals surface area contributed by atoms with E-state index in [4.69, 9.17) is 0 Å². The molecule has 0 spiro atoms. The van der Waals surface area contributed by atoms with Crippen LogP contribution < -0.4 is 5.69 Å². The molecule has 4 heteroatoms. The van der Waals surface area contributed by atoms with Gasteiger partial charge in [-0.25, -0.2) is 9.48 Å². The van der Waals surface area contributed by atoms with Crippen LogP contribution in [0.1, 0.15) is 19.7 Å². The van der Waals surface area contributed by atoms with E-state index in [1.54, 1.807) is 11.6 Å². The first kappa shape index (κ1) is 8.04. The van der Waals surface area contributed by atoms with Gasteiger partial charge in [-0.1, -0.05) is 6.92 Å². The van der Waals surface area contributed by atoms with Crippen LogP contribution >= 0.6 is 0 Å². The molecule has 0 N–H and O–H groups in total. The Labute approximate surface area is 65.5 Å². The SMILES string of the molecule is CCc1nn(CC)c(=O)n1C. The maximum absolute atomic E-state index is 11.2. The number of hydrogen-bond donors (Lipinski definition) is 0. The zero-order valence-electron chi connectivity index (χ0n) is 7.16. The predicted molar refractivity (Wildman–Crippen MR) is 42.5 cm³/mol. The number of rotatable bonds is 2. The third kappa shape index (κ3) is 1.20. The maximum Gasteiger partial charge on any atom is 0.345 e. The molecule has 0 aliphatic rings. The van der Waals surface area contributed by atoms with Crippen LogP contribution in [0.15, 0.2) is 4.79 Å². The Morgan fingerprint density at radius 3 is 2.36 bits per heavy atom. The minimum absolute atomic E-state index is 0.0237. The minimum atomic E-state index is -0.0237. The molecule has 1 aromatic heterocycles. The van der Waals surface area contributed by atoms with E-state index in [-0.39, 0.29) is 5.69 Å². The van der Waals surface area contributed by atoms with Gasteiger partial charge in [-0.2, -0.15) is 5.10 Å². The lowest BCUT2D eigenvalue weighted by molar-refractivity contribution is 0.621. The lowest BCUT2D eigenvalue weighted by Gasteiger charge is -1.89. The van der Waals surface area contributed by atoms with Gasteiger partial charge in [0.05, 0.1) is 0 Å². The monoisotopic (exact) mass is 155 g/mol. The van der Waals surface area contributed by atoms with Crippen LogP contribution in [0, 0.1) is 0 Å². The van der Waals surface area contributed by atoms with Gasteiger partial charge in [-0.3, -0.25) is 4.57 Å². The van der Waals surface area contributed by atoms with E-state index in [1.165, 1.54) is 4.68 Å². The highest BCUT2D eigenvalue weighted by atomic mass is 16.2. The normalized spacial score (nSPS) is 10.5. The number of aromatic nitrogens is 3. The van der Waals surface area contributed by atoms with Crippen molar-refractivity contribution in [2.75, 3.05) is 0 Å². The van der Waals surface area contributed by atoms with E-state index >= 15 is 0 Å². The molecule has 62 valence electrons. The molecule has 1 heterocycles. The molecule has 0 radical (unpaired) electrons. The van der Waals surface area contributed by atoms with Gasteiger partial charge in [0.2, 0.25) is 0 Å². The average Bonchev–Trinajstić information content (AvgIpc) is 2.30. The van der Waals surface area contributed by atoms with Gasteiger partial charge < -0.3 is 0 Å². The smallest absolute Gasteiger partial charge is 0.282 e. The summed E-state index contributed by atoms with van der Waals surface area (Å²) in [6.45, 7) is 4.54. The number of hydrogen-bond acceptors (Lipinski definition) is 2. The molecule has 0 aliphatic carbocycles. The standard InChI is InChI=1S/C7H13N3O/c1-4-6-8-10(5-2)7(11)9(6)3/h4-5H2,1-3H3. The molecule has 0 fully saturated rings. The van der Waals surface area contributed by atoms with Gasteiger partial charge in [0.15, 0.2) is 0 Å². The molecule has 0 saturated carbocycles. The number of aryl methyl sites for hydroxylation is 2. The molecular weight excluding hydrogens is 142 g/mol. The maximum atomic E-state index is 11.2. The van der Waals surface area contributed by atoms with Gasteiger partial charge in [0, 0.05) is 20.0 Å². The van der Waals surface area contributed by atoms with E-state index in [0.29, 0.717) is 6.54 Å². The van der Waals surface area contributed by atoms with Gasteiger partial charge in [0.1, 0.15) is 5.82 Å². The van der Waals surface area contributed by atoms with Crippen molar-refractivity contribution in [2.24, 2.45) is 7.05 Å². The van der Waals surface area contributed by atoms with Crippen molar-refractivity contribution in [3.63, 3.8) is 0 Å². The topological polar surface area (TPSA) is 39.8 Å². The van der Waals surface area contributed by atoms with Crippen LogP contribution in [0.5, 0.6) is 0 Å². The van der Waals surface area contributed by atoms with Gasteiger partial charge in [-0.05, 0) is 6.92 Å². The zero-order chi connectivity index (χ0) is 8.43. The van der Waals surface area contributed by atoms with Crippen LogP contribution in [-0.2, 0) is 20.0 Å². The first-order valence-corrected chi connectivity index (χ1v) is 3.83. The largest absolute Gasteiger partial charge is 0.345 e. The molecular formula is C7H13N3O. The molecule has 0 atom stereocenters. The highest BCUT2D eigenvalue weighted by Gasteiger charge is 2.05. The van der Waals surface area contributed by atoms with Crippen molar-refractivity contribution in [3.8, 4) is 0 Å². The Hall–Kier alpha value is -1.06. The minimum Gasteiger partial charge on any atom is -0.282 e. The first-order valence-electron chi connectivity index (χ1n) is 3.83. The summed E-state index contributed by atoms with van der Waals surface area (Å²) in [4.78, 5) is 11.2. The van der Waals surface area contributed by atoms with Crippen molar-refractivity contribution in [3.05, 3.63) is 16.3 Å². The summed E-state index contributed by atoms with van der Waals surface area (Å²) in [5.41, 5.74) is -0.0237. The Kier molecular flexibility index (Phi) is 2.12. The van der Waals surface area contributed by atoms with Crippen LogP contribution in [0.25, 0.3) is 0 Å². The van der Waals surface area contributed by atoms with E-state index in [1.807, 2.05) is 13.8 Å². The Balaban J connectivity index is 3.23. The molecule has 0 bridgehead atoms. The average molecular weight is 155 g/mol. The molecule has 0 amide bonds. The lowest BCUT2D eigenvalue weighted by atomic mass is 10.5. The highest BCUT2D eigenvalue weighted by molar-refractivity contribution is 4.84. The Bertz CT molecular complexity index is 297. The summed E-state index contributed by atoms with van der Waals surface area (Å²) >= 11 is 0. The summed E-state index contributed by atoms with van der Waals surface area (Å²) in [6, 6.07) is 0. The second kappa shape index (κ2) is 2.90. The summed E-state index contributed by atoms with van der Waals surface area (Å²) in [6.07, 6.45) is 0.804. The van der Waals surface area contributed by atoms with Gasteiger partial charge in [-0.15, -0.1) is 0 Å². The Morgan fingerprint density at radius 1 is 1.45 bits per heavy atom. The third-order valence-electron chi connectivity index (χ3n) is 1.75. The van der Waals surface area contributed by atoms with E-state index in [0.717, 1.165) is 12.2 Å². The van der Waals surface area contributed by atoms with Crippen molar-refractivity contribution >= 4 is 0 Å². The van der Waals surface area contributed by atoms with Gasteiger partial charge >= 0.3 is 5.69 Å². The quantitative estimate of drug-likeness (QED) is 0.610. The third-order valence-corrected chi connectivity index (χ3v) is 1.75. The molecule has 4 nitrogen and oxygen atoms in total. The van der Waals surface area contributed by atoms with Crippen LogP contribution in [-0.4, -0.2) is 14.3 Å². The fraction of sp³-hybridized carbons (Fsp3) is 0.714. The molecule has 0 saturated heterocycles. The van der Waals surface area contributed by atoms with Crippen molar-refractivity contribution in [1.29, 1.82) is 0 Å². The molecule has 11 heavy (non-hydrogen) atoms. The summed E-state index contributed by atoms with van der Waals surface area (Å²) in [5.74, 6) is 0.844.